The Bertz CT molecular complexity index is 1000. The number of likely N-dealkylation sites (tertiary alicyclic amines) is 1. The number of aliphatic hydroxyl groups excluding tert-OH is 1. The van der Waals surface area contributed by atoms with E-state index in [0.717, 1.165) is 35.8 Å². The van der Waals surface area contributed by atoms with Crippen molar-refractivity contribution < 1.29 is 14.7 Å². The Balaban J connectivity index is 1.71. The summed E-state index contributed by atoms with van der Waals surface area (Å²) >= 11 is 1.30. The molecule has 2 aliphatic rings. The normalized spacial score (nSPS) is 19.9. The van der Waals surface area contributed by atoms with Gasteiger partial charge in [0.05, 0.1) is 27.2 Å². The second kappa shape index (κ2) is 8.32. The lowest BCUT2D eigenvalue weighted by Crippen LogP contribution is -2.37. The van der Waals surface area contributed by atoms with Crippen molar-refractivity contribution in [2.24, 2.45) is 0 Å². The van der Waals surface area contributed by atoms with E-state index in [1.54, 1.807) is 11.8 Å². The summed E-state index contributed by atoms with van der Waals surface area (Å²) < 4.78 is 0. The van der Waals surface area contributed by atoms with Crippen LogP contribution in [0.15, 0.2) is 35.6 Å². The minimum Gasteiger partial charge on any atom is -0.503 e. The van der Waals surface area contributed by atoms with Gasteiger partial charge in [-0.2, -0.15) is 0 Å². The highest BCUT2D eigenvalue weighted by molar-refractivity contribution is 7.14. The molecule has 30 heavy (non-hydrogen) atoms. The summed E-state index contributed by atoms with van der Waals surface area (Å²) in [6.45, 7) is 8.90. The van der Waals surface area contributed by atoms with E-state index in [9.17, 15) is 14.7 Å². The summed E-state index contributed by atoms with van der Waals surface area (Å²) in [5.74, 6) is -1.21. The number of rotatable bonds is 6. The van der Waals surface area contributed by atoms with Crippen molar-refractivity contribution in [3.8, 4) is 0 Å². The van der Waals surface area contributed by atoms with Gasteiger partial charge in [0, 0.05) is 13.1 Å². The van der Waals surface area contributed by atoms with Crippen LogP contribution in [0.5, 0.6) is 0 Å². The van der Waals surface area contributed by atoms with Crippen LogP contribution < -0.4 is 0 Å². The highest BCUT2D eigenvalue weighted by atomic mass is 32.1. The van der Waals surface area contributed by atoms with Crippen molar-refractivity contribution in [1.29, 1.82) is 0 Å². The largest absolute Gasteiger partial charge is 0.503 e. The molecule has 7 heteroatoms. The summed E-state index contributed by atoms with van der Waals surface area (Å²) in [6.07, 6.45) is 2.35. The van der Waals surface area contributed by atoms with Crippen LogP contribution in [-0.2, 0) is 4.79 Å². The van der Waals surface area contributed by atoms with Gasteiger partial charge in [0.1, 0.15) is 0 Å². The number of hydrogen-bond donors (Lipinski definition) is 1. The molecule has 0 spiro atoms. The molecule has 1 aromatic carbocycles. The zero-order valence-electron chi connectivity index (χ0n) is 17.6. The minimum absolute atomic E-state index is 0.164. The second-order valence-electron chi connectivity index (χ2n) is 8.10. The second-order valence-corrected chi connectivity index (χ2v) is 9.30. The third-order valence-electron chi connectivity index (χ3n) is 5.91. The number of thiazole rings is 1. The van der Waals surface area contributed by atoms with E-state index >= 15 is 0 Å². The fourth-order valence-electron chi connectivity index (χ4n) is 4.33. The molecule has 6 nitrogen and oxygen atoms in total. The third-order valence-corrected chi connectivity index (χ3v) is 6.98. The van der Waals surface area contributed by atoms with Crippen LogP contribution in [0.25, 0.3) is 0 Å². The maximum Gasteiger partial charge on any atom is 0.290 e. The average Bonchev–Trinajstić information content (AvgIpc) is 3.41. The molecule has 1 saturated heterocycles. The number of aromatic nitrogens is 1. The Hall–Kier alpha value is -2.51. The Kier molecular flexibility index (Phi) is 5.75. The zero-order chi connectivity index (χ0) is 21.4. The van der Waals surface area contributed by atoms with Crippen LogP contribution >= 0.6 is 11.3 Å². The summed E-state index contributed by atoms with van der Waals surface area (Å²) in [5, 5.41) is 11.6. The maximum absolute atomic E-state index is 13.5. The number of nitrogens with zero attached hydrogens (tertiary/aromatic N) is 3. The molecule has 0 radical (unpaired) electrons. The molecule has 0 bridgehead atoms. The molecular weight excluding hydrogens is 398 g/mol. The Morgan fingerprint density at radius 1 is 1.13 bits per heavy atom. The van der Waals surface area contributed by atoms with Gasteiger partial charge in [-0.1, -0.05) is 29.8 Å². The molecule has 2 aromatic rings. The minimum atomic E-state index is -0.588. The number of hydrogen-bond acceptors (Lipinski definition) is 6. The fourth-order valence-corrected chi connectivity index (χ4v) is 5.21. The molecule has 2 aliphatic heterocycles. The van der Waals surface area contributed by atoms with E-state index in [0.29, 0.717) is 17.1 Å². The van der Waals surface area contributed by atoms with Crippen LogP contribution in [0.1, 0.15) is 50.4 Å². The summed E-state index contributed by atoms with van der Waals surface area (Å²) in [6, 6.07) is 7.23. The van der Waals surface area contributed by atoms with Crippen molar-refractivity contribution >= 4 is 23.0 Å². The molecule has 0 aliphatic carbocycles. The number of aryl methyl sites for hydroxylation is 3. The first kappa shape index (κ1) is 20.8. The average molecular weight is 426 g/mol. The summed E-state index contributed by atoms with van der Waals surface area (Å²) in [7, 11) is 0. The predicted molar refractivity (Wildman–Crippen MR) is 117 cm³/mol. The van der Waals surface area contributed by atoms with Gasteiger partial charge in [-0.05, 0) is 52.3 Å². The smallest absolute Gasteiger partial charge is 0.290 e. The Labute approximate surface area is 180 Å². The number of carbonyl (C=O) groups excluding carboxylic acids is 2. The van der Waals surface area contributed by atoms with Gasteiger partial charge in [-0.15, -0.1) is 11.3 Å². The first-order chi connectivity index (χ1) is 14.4. The van der Waals surface area contributed by atoms with Crippen LogP contribution in [-0.4, -0.2) is 57.8 Å². The topological polar surface area (TPSA) is 73.7 Å². The van der Waals surface area contributed by atoms with Crippen molar-refractivity contribution in [1.82, 2.24) is 14.8 Å². The number of Topliss-reactive ketones (excluding diaryl/α,β-unsaturated/α-hetero) is 1. The van der Waals surface area contributed by atoms with Gasteiger partial charge in [0.2, 0.25) is 5.78 Å². The molecule has 3 heterocycles. The molecule has 1 unspecified atom stereocenters. The van der Waals surface area contributed by atoms with E-state index < -0.39 is 17.7 Å². The van der Waals surface area contributed by atoms with Crippen LogP contribution in [0.2, 0.25) is 0 Å². The molecule has 1 N–H and O–H groups in total. The van der Waals surface area contributed by atoms with Gasteiger partial charge < -0.3 is 14.9 Å². The maximum atomic E-state index is 13.5. The predicted octanol–water partition coefficient (Wildman–Crippen LogP) is 3.74. The molecule has 0 saturated carbocycles. The van der Waals surface area contributed by atoms with Gasteiger partial charge in [0.15, 0.2) is 5.76 Å². The number of carbonyl (C=O) groups is 2. The van der Waals surface area contributed by atoms with Gasteiger partial charge >= 0.3 is 0 Å². The van der Waals surface area contributed by atoms with E-state index in [-0.39, 0.29) is 11.4 Å². The fraction of sp³-hybridized carbons (Fsp3) is 0.435. The van der Waals surface area contributed by atoms with E-state index in [1.165, 1.54) is 24.2 Å². The van der Waals surface area contributed by atoms with E-state index in [1.807, 2.05) is 38.1 Å². The summed E-state index contributed by atoms with van der Waals surface area (Å²) in [4.78, 5) is 35.3. The molecule has 1 aromatic heterocycles. The molecule has 1 atom stereocenters. The Morgan fingerprint density at radius 2 is 1.80 bits per heavy atom. The van der Waals surface area contributed by atoms with E-state index in [4.69, 9.17) is 0 Å². The van der Waals surface area contributed by atoms with Crippen molar-refractivity contribution in [3.63, 3.8) is 0 Å². The van der Waals surface area contributed by atoms with Crippen molar-refractivity contribution in [3.05, 3.63) is 62.3 Å². The van der Waals surface area contributed by atoms with Crippen LogP contribution in [0.4, 0.5) is 0 Å². The standard InChI is InChI=1S/C23H27N3O3S/c1-14-6-8-17(9-7-14)19-18(20(27)22-15(2)24-16(3)30-22)21(28)23(29)26(19)13-12-25-10-4-5-11-25/h6-9,19,28H,4-5,10-13H2,1-3H3. The monoisotopic (exact) mass is 425 g/mol. The SMILES string of the molecule is Cc1ccc(C2C(C(=O)c3sc(C)nc3C)=C(O)C(=O)N2CCN2CCCC2)cc1. The lowest BCUT2D eigenvalue weighted by Gasteiger charge is -2.28. The first-order valence-electron chi connectivity index (χ1n) is 10.4. The van der Waals surface area contributed by atoms with Gasteiger partial charge in [-0.3, -0.25) is 9.59 Å². The Morgan fingerprint density at radius 3 is 2.40 bits per heavy atom. The molecule has 4 rings (SSSR count). The number of ketones is 1. The number of benzene rings is 1. The lowest BCUT2D eigenvalue weighted by molar-refractivity contribution is -0.129. The van der Waals surface area contributed by atoms with E-state index in [2.05, 4.69) is 9.88 Å². The van der Waals surface area contributed by atoms with Crippen LogP contribution in [0.3, 0.4) is 0 Å². The number of aliphatic hydroxyl groups is 1. The quantitative estimate of drug-likeness (QED) is 0.714. The molecule has 1 fully saturated rings. The molecular formula is C23H27N3O3S. The molecule has 158 valence electrons. The van der Waals surface area contributed by atoms with Crippen LogP contribution in [0, 0.1) is 20.8 Å². The van der Waals surface area contributed by atoms with Crippen molar-refractivity contribution in [2.75, 3.05) is 26.2 Å². The highest BCUT2D eigenvalue weighted by Crippen LogP contribution is 2.40. The van der Waals surface area contributed by atoms with Gasteiger partial charge in [-0.25, -0.2) is 4.98 Å². The zero-order valence-corrected chi connectivity index (χ0v) is 18.5. The summed E-state index contributed by atoms with van der Waals surface area (Å²) in [5.41, 5.74) is 2.73. The number of amides is 1. The van der Waals surface area contributed by atoms with Crippen molar-refractivity contribution in [2.45, 2.75) is 39.7 Å². The third kappa shape index (κ3) is 3.79. The molecule has 1 amide bonds. The highest BCUT2D eigenvalue weighted by Gasteiger charge is 2.44. The lowest BCUT2D eigenvalue weighted by atomic mass is 9.94. The van der Waals surface area contributed by atoms with Gasteiger partial charge in [0.25, 0.3) is 5.91 Å². The first-order valence-corrected chi connectivity index (χ1v) is 11.2.